The summed E-state index contributed by atoms with van der Waals surface area (Å²) in [5.41, 5.74) is 0.414. The number of hydrogen-bond acceptors (Lipinski definition) is 3. The van der Waals surface area contributed by atoms with E-state index in [-0.39, 0.29) is 11.7 Å². The van der Waals surface area contributed by atoms with Crippen LogP contribution in [-0.4, -0.2) is 74.0 Å². The average Bonchev–Trinajstić information content (AvgIpc) is 2.48. The zero-order valence-electron chi connectivity index (χ0n) is 12.9. The maximum Gasteiger partial charge on any atom is 0.253 e. The summed E-state index contributed by atoms with van der Waals surface area (Å²) in [5.74, 6) is -0.487. The normalized spacial score (nSPS) is 16.9. The fourth-order valence-electron chi connectivity index (χ4n) is 2.55. The summed E-state index contributed by atoms with van der Waals surface area (Å²) in [7, 11) is 3.92. The van der Waals surface area contributed by atoms with Crippen LogP contribution in [0.15, 0.2) is 24.3 Å². The third-order valence-corrected chi connectivity index (χ3v) is 3.98. The largest absolute Gasteiger partial charge is 0.342 e. The van der Waals surface area contributed by atoms with Gasteiger partial charge in [-0.05, 0) is 38.2 Å². The molecule has 1 aromatic carbocycles. The molecule has 0 N–H and O–H groups in total. The van der Waals surface area contributed by atoms with E-state index in [9.17, 15) is 9.18 Å². The highest BCUT2D eigenvalue weighted by Gasteiger charge is 2.15. The lowest BCUT2D eigenvalue weighted by molar-refractivity contribution is 0.0782. The van der Waals surface area contributed by atoms with Crippen molar-refractivity contribution in [2.24, 2.45) is 0 Å². The molecule has 0 aliphatic carbocycles. The molecule has 0 atom stereocenters. The first-order valence-electron chi connectivity index (χ1n) is 7.48. The monoisotopic (exact) mass is 293 g/mol. The summed E-state index contributed by atoms with van der Waals surface area (Å²) >= 11 is 0. The van der Waals surface area contributed by atoms with Crippen LogP contribution >= 0.6 is 0 Å². The molecule has 1 aliphatic rings. The Hall–Kier alpha value is -1.46. The van der Waals surface area contributed by atoms with Crippen molar-refractivity contribution in [2.75, 3.05) is 53.4 Å². The quantitative estimate of drug-likeness (QED) is 0.824. The first-order chi connectivity index (χ1) is 10.1. The van der Waals surface area contributed by atoms with E-state index in [1.54, 1.807) is 24.1 Å². The molecular formula is C16H24FN3O. The van der Waals surface area contributed by atoms with Crippen molar-refractivity contribution in [3.8, 4) is 0 Å². The third kappa shape index (κ3) is 4.79. The van der Waals surface area contributed by atoms with E-state index >= 15 is 0 Å². The van der Waals surface area contributed by atoms with Gasteiger partial charge in [0.15, 0.2) is 0 Å². The van der Waals surface area contributed by atoms with Crippen LogP contribution in [0.1, 0.15) is 16.8 Å². The SMILES string of the molecule is CN1CCN(CCCN(C)C(=O)c2cccc(F)c2)CC1. The van der Waals surface area contributed by atoms with Crippen molar-refractivity contribution in [1.82, 2.24) is 14.7 Å². The molecule has 116 valence electrons. The van der Waals surface area contributed by atoms with Crippen LogP contribution in [0.4, 0.5) is 4.39 Å². The number of halogens is 1. The minimum atomic E-state index is -0.369. The number of benzene rings is 1. The first-order valence-corrected chi connectivity index (χ1v) is 7.48. The predicted molar refractivity (Wildman–Crippen MR) is 81.9 cm³/mol. The predicted octanol–water partition coefficient (Wildman–Crippen LogP) is 1.54. The molecule has 1 amide bonds. The van der Waals surface area contributed by atoms with Gasteiger partial charge in [0.05, 0.1) is 0 Å². The Balaban J connectivity index is 1.74. The molecule has 1 fully saturated rings. The van der Waals surface area contributed by atoms with Gasteiger partial charge in [-0.3, -0.25) is 4.79 Å². The van der Waals surface area contributed by atoms with Crippen molar-refractivity contribution < 1.29 is 9.18 Å². The van der Waals surface area contributed by atoms with Crippen molar-refractivity contribution >= 4 is 5.91 Å². The Morgan fingerprint density at radius 2 is 2.00 bits per heavy atom. The fraction of sp³-hybridized carbons (Fsp3) is 0.562. The molecule has 2 rings (SSSR count). The first kappa shape index (κ1) is 15.9. The van der Waals surface area contributed by atoms with Crippen molar-refractivity contribution in [3.05, 3.63) is 35.6 Å². The second kappa shape index (κ2) is 7.52. The lowest BCUT2D eigenvalue weighted by Gasteiger charge is -2.32. The Morgan fingerprint density at radius 1 is 1.29 bits per heavy atom. The molecule has 5 heteroatoms. The topological polar surface area (TPSA) is 26.8 Å². The maximum atomic E-state index is 13.1. The van der Waals surface area contributed by atoms with Crippen molar-refractivity contribution in [2.45, 2.75) is 6.42 Å². The maximum absolute atomic E-state index is 13.1. The van der Waals surface area contributed by atoms with Gasteiger partial charge >= 0.3 is 0 Å². The lowest BCUT2D eigenvalue weighted by Crippen LogP contribution is -2.45. The smallest absolute Gasteiger partial charge is 0.253 e. The summed E-state index contributed by atoms with van der Waals surface area (Å²) in [6, 6.07) is 5.87. The van der Waals surface area contributed by atoms with Crippen LogP contribution in [0, 0.1) is 5.82 Å². The van der Waals surface area contributed by atoms with Crippen LogP contribution in [0.5, 0.6) is 0 Å². The number of piperazine rings is 1. The Kier molecular flexibility index (Phi) is 5.70. The van der Waals surface area contributed by atoms with E-state index in [0.717, 1.165) is 39.1 Å². The van der Waals surface area contributed by atoms with Crippen LogP contribution in [0.2, 0.25) is 0 Å². The van der Waals surface area contributed by atoms with Crippen molar-refractivity contribution in [3.63, 3.8) is 0 Å². The van der Waals surface area contributed by atoms with E-state index in [2.05, 4.69) is 16.8 Å². The van der Waals surface area contributed by atoms with E-state index in [1.165, 1.54) is 12.1 Å². The molecule has 1 heterocycles. The van der Waals surface area contributed by atoms with Gasteiger partial charge in [0, 0.05) is 45.3 Å². The van der Waals surface area contributed by atoms with E-state index < -0.39 is 0 Å². The molecule has 0 saturated carbocycles. The van der Waals surface area contributed by atoms with Gasteiger partial charge in [0.25, 0.3) is 5.91 Å². The molecule has 21 heavy (non-hydrogen) atoms. The Morgan fingerprint density at radius 3 is 2.67 bits per heavy atom. The van der Waals surface area contributed by atoms with Gasteiger partial charge in [-0.25, -0.2) is 4.39 Å². The average molecular weight is 293 g/mol. The lowest BCUT2D eigenvalue weighted by atomic mass is 10.2. The van der Waals surface area contributed by atoms with E-state index in [4.69, 9.17) is 0 Å². The molecule has 0 bridgehead atoms. The minimum Gasteiger partial charge on any atom is -0.342 e. The number of hydrogen-bond donors (Lipinski definition) is 0. The molecule has 1 aliphatic heterocycles. The fourth-order valence-corrected chi connectivity index (χ4v) is 2.55. The third-order valence-electron chi connectivity index (χ3n) is 3.98. The van der Waals surface area contributed by atoms with Gasteiger partial charge in [-0.1, -0.05) is 6.07 Å². The van der Waals surface area contributed by atoms with Gasteiger partial charge < -0.3 is 14.7 Å². The molecule has 1 saturated heterocycles. The minimum absolute atomic E-state index is 0.118. The molecule has 0 radical (unpaired) electrons. The van der Waals surface area contributed by atoms with Crippen LogP contribution in [0.3, 0.4) is 0 Å². The van der Waals surface area contributed by atoms with Gasteiger partial charge in [-0.15, -0.1) is 0 Å². The second-order valence-electron chi connectivity index (χ2n) is 5.74. The summed E-state index contributed by atoms with van der Waals surface area (Å²) in [6.07, 6.45) is 0.946. The highest BCUT2D eigenvalue weighted by Crippen LogP contribution is 2.07. The van der Waals surface area contributed by atoms with Crippen LogP contribution in [0.25, 0.3) is 0 Å². The van der Waals surface area contributed by atoms with Crippen molar-refractivity contribution in [1.29, 1.82) is 0 Å². The molecule has 1 aromatic rings. The zero-order chi connectivity index (χ0) is 15.2. The number of carbonyl (C=O) groups excluding carboxylic acids is 1. The number of carbonyl (C=O) groups is 1. The van der Waals surface area contributed by atoms with Gasteiger partial charge in [-0.2, -0.15) is 0 Å². The van der Waals surface area contributed by atoms with Gasteiger partial charge in [0.2, 0.25) is 0 Å². The molecular weight excluding hydrogens is 269 g/mol. The van der Waals surface area contributed by atoms with E-state index in [1.807, 2.05) is 0 Å². The summed E-state index contributed by atoms with van der Waals surface area (Å²) in [5, 5.41) is 0. The number of likely N-dealkylation sites (N-methyl/N-ethyl adjacent to an activating group) is 1. The highest BCUT2D eigenvalue weighted by molar-refractivity contribution is 5.94. The summed E-state index contributed by atoms with van der Waals surface area (Å²) in [6.45, 7) is 6.11. The molecule has 0 spiro atoms. The Bertz CT molecular complexity index is 472. The van der Waals surface area contributed by atoms with Crippen LogP contribution in [-0.2, 0) is 0 Å². The Labute approximate surface area is 126 Å². The second-order valence-corrected chi connectivity index (χ2v) is 5.74. The summed E-state index contributed by atoms with van der Waals surface area (Å²) in [4.78, 5) is 18.6. The van der Waals surface area contributed by atoms with E-state index in [0.29, 0.717) is 12.1 Å². The van der Waals surface area contributed by atoms with Gasteiger partial charge in [0.1, 0.15) is 5.82 Å². The zero-order valence-corrected chi connectivity index (χ0v) is 12.9. The summed E-state index contributed by atoms with van der Waals surface area (Å²) < 4.78 is 13.1. The standard InChI is InChI=1S/C16H24FN3O/c1-18-9-11-20(12-10-18)8-4-7-19(2)16(21)14-5-3-6-15(17)13-14/h3,5-6,13H,4,7-12H2,1-2H3. The van der Waals surface area contributed by atoms with Crippen LogP contribution < -0.4 is 0 Å². The molecule has 4 nitrogen and oxygen atoms in total. The number of amides is 1. The number of rotatable bonds is 5. The highest BCUT2D eigenvalue weighted by atomic mass is 19.1. The molecule has 0 aromatic heterocycles. The number of nitrogens with zero attached hydrogens (tertiary/aromatic N) is 3. The molecule has 0 unspecified atom stereocenters.